The molecule has 210 valence electrons. The fourth-order valence-electron chi connectivity index (χ4n) is 6.96. The number of rotatable bonds is 5. The van der Waals surface area contributed by atoms with E-state index in [4.69, 9.17) is 14.5 Å². The van der Waals surface area contributed by atoms with E-state index in [1.54, 1.807) is 7.11 Å². The molecule has 2 aliphatic heterocycles. The number of fused-ring (bicyclic) bond motifs is 6. The molecule has 4 aromatic rings. The Morgan fingerprint density at radius 1 is 1.05 bits per heavy atom. The minimum absolute atomic E-state index is 0.0830. The number of aromatic nitrogens is 1. The van der Waals surface area contributed by atoms with Crippen LogP contribution in [0.5, 0.6) is 11.5 Å². The highest BCUT2D eigenvalue weighted by Gasteiger charge is 2.33. The van der Waals surface area contributed by atoms with Gasteiger partial charge in [0.2, 0.25) is 0 Å². The fourth-order valence-corrected chi connectivity index (χ4v) is 6.96. The zero-order valence-corrected chi connectivity index (χ0v) is 24.1. The third-order valence-electron chi connectivity index (χ3n) is 9.15. The smallest absolute Gasteiger partial charge is 0.252 e. The van der Waals surface area contributed by atoms with Crippen molar-refractivity contribution in [2.75, 3.05) is 13.7 Å². The maximum Gasteiger partial charge on any atom is 0.252 e. The minimum Gasteiger partial charge on any atom is -0.497 e. The average Bonchev–Trinajstić information content (AvgIpc) is 3.52. The first-order valence-electron chi connectivity index (χ1n) is 14.9. The van der Waals surface area contributed by atoms with Gasteiger partial charge in [0.25, 0.3) is 5.91 Å². The molecule has 3 heterocycles. The molecule has 41 heavy (non-hydrogen) atoms. The Morgan fingerprint density at radius 2 is 1.88 bits per heavy atom. The summed E-state index contributed by atoms with van der Waals surface area (Å²) < 4.78 is 14.2. The van der Waals surface area contributed by atoms with Crippen molar-refractivity contribution in [1.29, 1.82) is 0 Å². The lowest BCUT2D eigenvalue weighted by Crippen LogP contribution is -2.49. The summed E-state index contributed by atoms with van der Waals surface area (Å²) in [6.45, 7) is 5.37. The van der Waals surface area contributed by atoms with E-state index >= 15 is 0 Å². The van der Waals surface area contributed by atoms with Crippen LogP contribution in [0.1, 0.15) is 73.4 Å². The van der Waals surface area contributed by atoms with E-state index in [0.717, 1.165) is 46.9 Å². The molecule has 1 N–H and O–H groups in total. The molecular formula is C35H37N3O3. The van der Waals surface area contributed by atoms with Crippen LogP contribution in [0.2, 0.25) is 0 Å². The molecule has 1 fully saturated rings. The minimum atomic E-state index is -0.569. The number of nitrogens with one attached hydrogen (secondary N) is 1. The Labute approximate surface area is 241 Å². The predicted octanol–water partition coefficient (Wildman–Crippen LogP) is 7.59. The summed E-state index contributed by atoms with van der Waals surface area (Å²) in [6.07, 6.45) is 6.96. The molecule has 7 rings (SSSR count). The van der Waals surface area contributed by atoms with Crippen molar-refractivity contribution in [1.82, 2.24) is 9.88 Å². The fraction of sp³-hybridized carbons (Fsp3) is 0.371. The van der Waals surface area contributed by atoms with Crippen molar-refractivity contribution in [2.24, 2.45) is 4.99 Å². The molecule has 6 nitrogen and oxygen atoms in total. The molecule has 0 unspecified atom stereocenters. The second kappa shape index (κ2) is 10.1. The molecule has 1 aromatic heterocycles. The lowest BCUT2D eigenvalue weighted by Gasteiger charge is -2.26. The van der Waals surface area contributed by atoms with E-state index in [2.05, 4.69) is 34.1 Å². The van der Waals surface area contributed by atoms with Gasteiger partial charge in [-0.05, 0) is 74.1 Å². The van der Waals surface area contributed by atoms with Gasteiger partial charge in [-0.25, -0.2) is 0 Å². The number of hydrogen-bond acceptors (Lipinski definition) is 4. The first-order chi connectivity index (χ1) is 19.9. The van der Waals surface area contributed by atoms with Crippen molar-refractivity contribution in [2.45, 2.75) is 70.4 Å². The van der Waals surface area contributed by atoms with Gasteiger partial charge in [-0.2, -0.15) is 0 Å². The van der Waals surface area contributed by atoms with Crippen molar-refractivity contribution in [3.8, 4) is 22.8 Å². The number of amides is 1. The summed E-state index contributed by atoms with van der Waals surface area (Å²) in [4.78, 5) is 18.6. The molecule has 3 aliphatic rings. The molecule has 1 aliphatic carbocycles. The average molecular weight is 548 g/mol. The number of hydrogen-bond donors (Lipinski definition) is 1. The highest BCUT2D eigenvalue weighted by molar-refractivity contribution is 6.06. The molecule has 0 bridgehead atoms. The zero-order valence-electron chi connectivity index (χ0n) is 24.1. The van der Waals surface area contributed by atoms with E-state index in [1.807, 2.05) is 50.2 Å². The van der Waals surface area contributed by atoms with Gasteiger partial charge in [0.05, 0.1) is 30.6 Å². The van der Waals surface area contributed by atoms with Crippen molar-refractivity contribution < 1.29 is 14.3 Å². The normalized spacial score (nSPS) is 16.7. The third-order valence-corrected chi connectivity index (χ3v) is 9.15. The molecule has 0 saturated heterocycles. The number of carbonyl (C=O) groups excluding carboxylic acids is 1. The van der Waals surface area contributed by atoms with Gasteiger partial charge in [0, 0.05) is 40.2 Å². The summed E-state index contributed by atoms with van der Waals surface area (Å²) in [5.41, 5.74) is 8.12. The monoisotopic (exact) mass is 547 g/mol. The number of aliphatic imine (C=N–C) groups is 1. The van der Waals surface area contributed by atoms with E-state index in [0.29, 0.717) is 18.1 Å². The largest absolute Gasteiger partial charge is 0.497 e. The van der Waals surface area contributed by atoms with Gasteiger partial charge in [-0.3, -0.25) is 9.79 Å². The second-order valence-electron chi connectivity index (χ2n) is 12.1. The number of benzene rings is 3. The lowest BCUT2D eigenvalue weighted by atomic mass is 9.81. The van der Waals surface area contributed by atoms with Crippen LogP contribution < -0.4 is 14.8 Å². The number of carbonyl (C=O) groups is 1. The van der Waals surface area contributed by atoms with Gasteiger partial charge < -0.3 is 19.4 Å². The molecule has 0 atom stereocenters. The number of ether oxygens (including phenoxy) is 2. The topological polar surface area (TPSA) is 64.8 Å². The van der Waals surface area contributed by atoms with E-state index in [9.17, 15) is 4.79 Å². The second-order valence-corrected chi connectivity index (χ2v) is 12.1. The summed E-state index contributed by atoms with van der Waals surface area (Å²) >= 11 is 0. The maximum absolute atomic E-state index is 13.7. The van der Waals surface area contributed by atoms with Crippen LogP contribution in [-0.2, 0) is 13.0 Å². The van der Waals surface area contributed by atoms with Gasteiger partial charge in [-0.1, -0.05) is 43.5 Å². The molecule has 1 saturated carbocycles. The van der Waals surface area contributed by atoms with Crippen LogP contribution in [0, 0.1) is 0 Å². The summed E-state index contributed by atoms with van der Waals surface area (Å²) in [5.74, 6) is 2.07. The molecule has 0 radical (unpaired) electrons. The van der Waals surface area contributed by atoms with Crippen molar-refractivity contribution in [3.05, 3.63) is 77.4 Å². The van der Waals surface area contributed by atoms with Gasteiger partial charge in [0.15, 0.2) is 0 Å². The molecule has 3 aromatic carbocycles. The van der Waals surface area contributed by atoms with Gasteiger partial charge in [-0.15, -0.1) is 0 Å². The van der Waals surface area contributed by atoms with Crippen LogP contribution in [0.3, 0.4) is 0 Å². The van der Waals surface area contributed by atoms with Crippen LogP contribution >= 0.6 is 0 Å². The maximum atomic E-state index is 13.7. The first kappa shape index (κ1) is 25.9. The van der Waals surface area contributed by atoms with Gasteiger partial charge >= 0.3 is 0 Å². The SMILES string of the molecule is COc1ccc2c(c1)OCCn1c-2c(C2CCCCC2)c2ccc(C(=O)NC(C)(C)C3=Nc4ccccc4C3)cc21. The molecular weight excluding hydrogens is 510 g/mol. The van der Waals surface area contributed by atoms with Crippen LogP contribution in [0.15, 0.2) is 65.7 Å². The molecule has 6 heteroatoms. The van der Waals surface area contributed by atoms with Gasteiger partial charge in [0.1, 0.15) is 18.1 Å². The van der Waals surface area contributed by atoms with E-state index in [-0.39, 0.29) is 5.91 Å². The zero-order chi connectivity index (χ0) is 28.1. The summed E-state index contributed by atoms with van der Waals surface area (Å²) in [5, 5.41) is 4.54. The lowest BCUT2D eigenvalue weighted by molar-refractivity contribution is 0.0931. The highest BCUT2D eigenvalue weighted by Crippen LogP contribution is 2.47. The molecule has 0 spiro atoms. The van der Waals surface area contributed by atoms with E-state index in [1.165, 1.54) is 54.3 Å². The van der Waals surface area contributed by atoms with Crippen molar-refractivity contribution in [3.63, 3.8) is 0 Å². The van der Waals surface area contributed by atoms with Crippen LogP contribution in [-0.4, -0.2) is 35.4 Å². The van der Waals surface area contributed by atoms with Crippen LogP contribution in [0.25, 0.3) is 22.2 Å². The Balaban J connectivity index is 1.29. The predicted molar refractivity (Wildman–Crippen MR) is 164 cm³/mol. The standard InChI is InChI=1S/C35H37N3O3/c1-35(2,31-20-23-11-7-8-12-28(23)36-31)37-34(39)24-13-15-26-29(19-24)38-17-18-41-30-21-25(40-3)14-16-27(30)33(38)32(26)22-9-5-4-6-10-22/h7-8,11-16,19,21-22H,4-6,9-10,17-18,20H2,1-3H3,(H,37,39). The Bertz CT molecular complexity index is 1690. The van der Waals surface area contributed by atoms with E-state index < -0.39 is 5.54 Å². The third kappa shape index (κ3) is 4.50. The highest BCUT2D eigenvalue weighted by atomic mass is 16.5. The summed E-state index contributed by atoms with van der Waals surface area (Å²) in [7, 11) is 1.69. The summed E-state index contributed by atoms with van der Waals surface area (Å²) in [6, 6.07) is 20.6. The Kier molecular flexibility index (Phi) is 6.37. The Hall–Kier alpha value is -4.06. The van der Waals surface area contributed by atoms with Crippen molar-refractivity contribution >= 4 is 28.2 Å². The molecule has 1 amide bonds. The number of methoxy groups -OCH3 is 1. The number of para-hydroxylation sites is 1. The first-order valence-corrected chi connectivity index (χ1v) is 14.9. The van der Waals surface area contributed by atoms with Crippen LogP contribution in [0.4, 0.5) is 5.69 Å². The number of nitrogens with zero attached hydrogens (tertiary/aromatic N) is 2. The quantitative estimate of drug-likeness (QED) is 0.280. The Morgan fingerprint density at radius 3 is 2.68 bits per heavy atom.